The molecule has 0 aliphatic carbocycles. The van der Waals surface area contributed by atoms with Crippen LogP contribution in [-0.4, -0.2) is 43.8 Å². The highest BCUT2D eigenvalue weighted by Crippen LogP contribution is 2.29. The predicted octanol–water partition coefficient (Wildman–Crippen LogP) is 6.79. The second-order valence-electron chi connectivity index (χ2n) is 10.1. The average Bonchev–Trinajstić information content (AvgIpc) is 2.90. The standard InChI is InChI=1S/C30H34Cl3N3O4S/c1-6-28(30(38)34-19(2)3)35(17-22-10-14-25(31)27(33)15-22)29(37)18-36(23-11-9-21(5)26(32)16-23)41(39,40)24-12-7-20(4)8-13-24/h7-16,19,28H,6,17-18H2,1-5H3,(H,34,38)/t28-/m1/s1. The molecule has 11 heteroatoms. The number of anilines is 1. The highest BCUT2D eigenvalue weighted by Gasteiger charge is 2.34. The summed E-state index contributed by atoms with van der Waals surface area (Å²) in [7, 11) is -4.20. The molecule has 2 amide bonds. The highest BCUT2D eigenvalue weighted by atomic mass is 35.5. The number of benzene rings is 3. The number of halogens is 3. The van der Waals surface area contributed by atoms with Crippen molar-refractivity contribution in [3.63, 3.8) is 0 Å². The number of carbonyl (C=O) groups excluding carboxylic acids is 2. The zero-order valence-corrected chi connectivity index (χ0v) is 26.7. The molecule has 0 aliphatic heterocycles. The summed E-state index contributed by atoms with van der Waals surface area (Å²) in [4.78, 5) is 28.7. The first kappa shape index (κ1) is 32.7. The fourth-order valence-electron chi connectivity index (χ4n) is 4.24. The zero-order chi connectivity index (χ0) is 30.5. The van der Waals surface area contributed by atoms with E-state index in [0.717, 1.165) is 15.4 Å². The first-order valence-electron chi connectivity index (χ1n) is 13.1. The molecule has 41 heavy (non-hydrogen) atoms. The lowest BCUT2D eigenvalue weighted by atomic mass is 10.1. The molecule has 7 nitrogen and oxygen atoms in total. The predicted molar refractivity (Wildman–Crippen MR) is 166 cm³/mol. The third-order valence-electron chi connectivity index (χ3n) is 6.49. The Bertz CT molecular complexity index is 1510. The van der Waals surface area contributed by atoms with Crippen LogP contribution in [0.5, 0.6) is 0 Å². The SMILES string of the molecule is CC[C@H](C(=O)NC(C)C)N(Cc1ccc(Cl)c(Cl)c1)C(=O)CN(c1ccc(C)c(Cl)c1)S(=O)(=O)c1ccc(C)cc1. The van der Waals surface area contributed by atoms with Gasteiger partial charge in [0, 0.05) is 17.6 Å². The van der Waals surface area contributed by atoms with Crippen LogP contribution in [-0.2, 0) is 26.2 Å². The van der Waals surface area contributed by atoms with Crippen molar-refractivity contribution < 1.29 is 18.0 Å². The number of rotatable bonds is 11. The molecule has 0 aromatic heterocycles. The molecule has 0 saturated heterocycles. The van der Waals surface area contributed by atoms with Gasteiger partial charge in [0.1, 0.15) is 12.6 Å². The van der Waals surface area contributed by atoms with Gasteiger partial charge in [-0.25, -0.2) is 8.42 Å². The lowest BCUT2D eigenvalue weighted by Gasteiger charge is -2.33. The fourth-order valence-corrected chi connectivity index (χ4v) is 6.14. The molecule has 0 aliphatic rings. The molecule has 3 rings (SSSR count). The van der Waals surface area contributed by atoms with E-state index in [9.17, 15) is 18.0 Å². The van der Waals surface area contributed by atoms with Gasteiger partial charge in [0.25, 0.3) is 10.0 Å². The number of sulfonamides is 1. The summed E-state index contributed by atoms with van der Waals surface area (Å²) in [6, 6.07) is 15.1. The average molecular weight is 639 g/mol. The smallest absolute Gasteiger partial charge is 0.264 e. The molecule has 0 unspecified atom stereocenters. The van der Waals surface area contributed by atoms with E-state index in [0.29, 0.717) is 27.1 Å². The largest absolute Gasteiger partial charge is 0.352 e. The van der Waals surface area contributed by atoms with Crippen molar-refractivity contribution in [3.8, 4) is 0 Å². The van der Waals surface area contributed by atoms with E-state index in [1.165, 1.54) is 23.1 Å². The minimum Gasteiger partial charge on any atom is -0.352 e. The Hall–Kier alpha value is -2.78. The number of amides is 2. The summed E-state index contributed by atoms with van der Waals surface area (Å²) in [5, 5.41) is 3.87. The van der Waals surface area contributed by atoms with Gasteiger partial charge in [0.2, 0.25) is 11.8 Å². The summed E-state index contributed by atoms with van der Waals surface area (Å²) >= 11 is 18.7. The van der Waals surface area contributed by atoms with Gasteiger partial charge in [-0.2, -0.15) is 0 Å². The molecule has 3 aromatic rings. The van der Waals surface area contributed by atoms with Crippen LogP contribution in [0.4, 0.5) is 5.69 Å². The van der Waals surface area contributed by atoms with Gasteiger partial charge < -0.3 is 10.2 Å². The fraction of sp³-hybridized carbons (Fsp3) is 0.333. The summed E-state index contributed by atoms with van der Waals surface area (Å²) in [6.45, 7) is 8.54. The van der Waals surface area contributed by atoms with Crippen LogP contribution < -0.4 is 9.62 Å². The van der Waals surface area contributed by atoms with Crippen molar-refractivity contribution in [3.05, 3.63) is 92.4 Å². The molecular formula is C30H34Cl3N3O4S. The van der Waals surface area contributed by atoms with Gasteiger partial charge in [-0.1, -0.05) is 71.6 Å². The number of nitrogens with zero attached hydrogens (tertiary/aromatic N) is 2. The summed E-state index contributed by atoms with van der Waals surface area (Å²) in [5.74, 6) is -0.920. The Labute approximate surface area is 257 Å². The van der Waals surface area contributed by atoms with Gasteiger partial charge in [-0.3, -0.25) is 13.9 Å². The molecule has 0 fully saturated rings. The van der Waals surface area contributed by atoms with E-state index in [4.69, 9.17) is 34.8 Å². The second-order valence-corrected chi connectivity index (χ2v) is 13.2. The van der Waals surface area contributed by atoms with Crippen molar-refractivity contribution in [2.75, 3.05) is 10.8 Å². The molecule has 0 heterocycles. The summed E-state index contributed by atoms with van der Waals surface area (Å²) in [5.41, 5.74) is 2.50. The van der Waals surface area contributed by atoms with Crippen LogP contribution in [0.2, 0.25) is 15.1 Å². The van der Waals surface area contributed by atoms with E-state index in [1.54, 1.807) is 56.3 Å². The molecule has 0 bridgehead atoms. The van der Waals surface area contributed by atoms with Crippen molar-refractivity contribution in [2.45, 2.75) is 64.6 Å². The van der Waals surface area contributed by atoms with E-state index < -0.39 is 28.5 Å². The van der Waals surface area contributed by atoms with Gasteiger partial charge in [0.15, 0.2) is 0 Å². The van der Waals surface area contributed by atoms with Crippen molar-refractivity contribution in [1.29, 1.82) is 0 Å². The van der Waals surface area contributed by atoms with Gasteiger partial charge in [-0.05, 0) is 81.6 Å². The number of nitrogens with one attached hydrogen (secondary N) is 1. The Morgan fingerprint density at radius 1 is 0.878 bits per heavy atom. The molecule has 0 saturated carbocycles. The first-order valence-corrected chi connectivity index (χ1v) is 15.7. The minimum absolute atomic E-state index is 0.00676. The quantitative estimate of drug-likeness (QED) is 0.251. The lowest BCUT2D eigenvalue weighted by Crippen LogP contribution is -2.53. The van der Waals surface area contributed by atoms with Crippen LogP contribution in [0, 0.1) is 13.8 Å². The Morgan fingerprint density at radius 2 is 1.54 bits per heavy atom. The van der Waals surface area contributed by atoms with Gasteiger partial charge >= 0.3 is 0 Å². The number of aryl methyl sites for hydroxylation is 2. The van der Waals surface area contributed by atoms with E-state index in [2.05, 4.69) is 5.32 Å². The third kappa shape index (κ3) is 8.16. The number of hydrogen-bond acceptors (Lipinski definition) is 4. The molecule has 1 atom stereocenters. The topological polar surface area (TPSA) is 86.8 Å². The minimum atomic E-state index is -4.20. The Morgan fingerprint density at radius 3 is 2.10 bits per heavy atom. The third-order valence-corrected chi connectivity index (χ3v) is 9.42. The summed E-state index contributed by atoms with van der Waals surface area (Å²) < 4.78 is 28.9. The van der Waals surface area contributed by atoms with Crippen molar-refractivity contribution >= 4 is 62.3 Å². The molecule has 0 spiro atoms. The first-order chi connectivity index (χ1) is 19.2. The van der Waals surface area contributed by atoms with Crippen LogP contribution in [0.15, 0.2) is 65.6 Å². The highest BCUT2D eigenvalue weighted by molar-refractivity contribution is 7.92. The second kappa shape index (κ2) is 13.9. The van der Waals surface area contributed by atoms with Crippen LogP contribution in [0.25, 0.3) is 0 Å². The molecule has 0 radical (unpaired) electrons. The van der Waals surface area contributed by atoms with Gasteiger partial charge in [-0.15, -0.1) is 0 Å². The van der Waals surface area contributed by atoms with Crippen LogP contribution in [0.3, 0.4) is 0 Å². The Kier molecular flexibility index (Phi) is 11.1. The zero-order valence-electron chi connectivity index (χ0n) is 23.6. The molecular weight excluding hydrogens is 605 g/mol. The van der Waals surface area contributed by atoms with Crippen LogP contribution >= 0.6 is 34.8 Å². The van der Waals surface area contributed by atoms with Crippen LogP contribution in [0.1, 0.15) is 43.9 Å². The molecule has 3 aromatic carbocycles. The van der Waals surface area contributed by atoms with Crippen molar-refractivity contribution in [2.24, 2.45) is 0 Å². The summed E-state index contributed by atoms with van der Waals surface area (Å²) in [6.07, 6.45) is 0.298. The number of carbonyl (C=O) groups is 2. The lowest BCUT2D eigenvalue weighted by molar-refractivity contribution is -0.140. The maximum absolute atomic E-state index is 14.1. The monoisotopic (exact) mass is 637 g/mol. The van der Waals surface area contributed by atoms with E-state index >= 15 is 0 Å². The van der Waals surface area contributed by atoms with Crippen molar-refractivity contribution in [1.82, 2.24) is 10.2 Å². The maximum atomic E-state index is 14.1. The molecule has 220 valence electrons. The van der Waals surface area contributed by atoms with E-state index in [-0.39, 0.29) is 29.1 Å². The Balaban J connectivity index is 2.10. The number of hydrogen-bond donors (Lipinski definition) is 1. The normalized spacial score (nSPS) is 12.2. The van der Waals surface area contributed by atoms with Gasteiger partial charge in [0.05, 0.1) is 20.6 Å². The molecule has 1 N–H and O–H groups in total. The maximum Gasteiger partial charge on any atom is 0.264 e. The van der Waals surface area contributed by atoms with E-state index in [1.807, 2.05) is 20.8 Å².